The number of amides is 3. The van der Waals surface area contributed by atoms with Crippen LogP contribution in [0, 0.1) is 11.7 Å². The van der Waals surface area contributed by atoms with Gasteiger partial charge in [-0.25, -0.2) is 4.39 Å². The fourth-order valence-electron chi connectivity index (χ4n) is 4.76. The zero-order valence-corrected chi connectivity index (χ0v) is 16.9. The summed E-state index contributed by atoms with van der Waals surface area (Å²) in [6, 6.07) is 13.5. The molecule has 0 aromatic heterocycles. The van der Waals surface area contributed by atoms with E-state index in [2.05, 4.69) is 10.6 Å². The van der Waals surface area contributed by atoms with E-state index in [4.69, 9.17) is 0 Å². The fourth-order valence-corrected chi connectivity index (χ4v) is 4.76. The predicted octanol–water partition coefficient (Wildman–Crippen LogP) is 2.35. The van der Waals surface area contributed by atoms with Crippen molar-refractivity contribution < 1.29 is 18.8 Å². The van der Waals surface area contributed by atoms with Gasteiger partial charge in [0.2, 0.25) is 11.8 Å². The molecule has 3 amide bonds. The summed E-state index contributed by atoms with van der Waals surface area (Å²) in [5.74, 6) is -1.41. The molecule has 31 heavy (non-hydrogen) atoms. The van der Waals surface area contributed by atoms with Crippen LogP contribution in [0.4, 0.5) is 15.8 Å². The summed E-state index contributed by atoms with van der Waals surface area (Å²) in [5.41, 5.74) is 1.05. The number of para-hydroxylation sites is 2. The first-order valence-corrected chi connectivity index (χ1v) is 10.5. The minimum Gasteiger partial charge on any atom is -0.362 e. The van der Waals surface area contributed by atoms with Crippen molar-refractivity contribution in [3.05, 3.63) is 59.9 Å². The number of rotatable bonds is 2. The number of hydrogen-bond donors (Lipinski definition) is 2. The van der Waals surface area contributed by atoms with Gasteiger partial charge in [0.05, 0.1) is 17.2 Å². The van der Waals surface area contributed by atoms with Crippen LogP contribution in [-0.2, 0) is 9.59 Å². The number of halogens is 1. The van der Waals surface area contributed by atoms with E-state index in [1.54, 1.807) is 29.2 Å². The largest absolute Gasteiger partial charge is 0.362 e. The molecular weight excluding hydrogens is 399 g/mol. The van der Waals surface area contributed by atoms with Crippen LogP contribution >= 0.6 is 0 Å². The van der Waals surface area contributed by atoms with E-state index in [1.807, 2.05) is 18.2 Å². The number of nitrogens with zero attached hydrogens (tertiary/aromatic N) is 2. The molecule has 1 atom stereocenters. The molecule has 3 aliphatic rings. The second kappa shape index (κ2) is 7.37. The van der Waals surface area contributed by atoms with Gasteiger partial charge in [-0.1, -0.05) is 24.3 Å². The molecule has 5 rings (SSSR count). The molecule has 0 saturated carbocycles. The van der Waals surface area contributed by atoms with Crippen molar-refractivity contribution in [2.75, 3.05) is 29.9 Å². The zero-order chi connectivity index (χ0) is 21.6. The maximum atomic E-state index is 14.1. The van der Waals surface area contributed by atoms with Gasteiger partial charge in [0, 0.05) is 44.6 Å². The maximum absolute atomic E-state index is 14.1. The lowest BCUT2D eigenvalue weighted by molar-refractivity contribution is -0.137. The van der Waals surface area contributed by atoms with Crippen LogP contribution in [0.1, 0.15) is 29.6 Å². The topological polar surface area (TPSA) is 81.8 Å². The third kappa shape index (κ3) is 3.41. The Balaban J connectivity index is 1.25. The Bertz CT molecular complexity index is 1060. The molecule has 3 heterocycles. The Morgan fingerprint density at radius 3 is 2.48 bits per heavy atom. The van der Waals surface area contributed by atoms with Gasteiger partial charge in [0.15, 0.2) is 0 Å². The van der Waals surface area contributed by atoms with Crippen molar-refractivity contribution in [1.29, 1.82) is 0 Å². The Labute approximate surface area is 179 Å². The SMILES string of the molecule is O=C1NC2(CCN(C(=O)[C@H]3CC(=O)N(c4ccccc4F)C3)CC2)Nc2ccccc21. The Morgan fingerprint density at radius 1 is 1.00 bits per heavy atom. The predicted molar refractivity (Wildman–Crippen MR) is 113 cm³/mol. The Kier molecular flexibility index (Phi) is 4.64. The van der Waals surface area contributed by atoms with E-state index in [9.17, 15) is 18.8 Å². The van der Waals surface area contributed by atoms with Gasteiger partial charge < -0.3 is 20.4 Å². The highest BCUT2D eigenvalue weighted by atomic mass is 19.1. The summed E-state index contributed by atoms with van der Waals surface area (Å²) >= 11 is 0. The molecule has 0 radical (unpaired) electrons. The fraction of sp³-hybridized carbons (Fsp3) is 0.348. The van der Waals surface area contributed by atoms with Crippen molar-refractivity contribution in [3.63, 3.8) is 0 Å². The lowest BCUT2D eigenvalue weighted by Gasteiger charge is -2.46. The summed E-state index contributed by atoms with van der Waals surface area (Å²) in [6.45, 7) is 1.12. The zero-order valence-electron chi connectivity index (χ0n) is 16.9. The van der Waals surface area contributed by atoms with Crippen LogP contribution in [0.5, 0.6) is 0 Å². The van der Waals surface area contributed by atoms with E-state index in [1.165, 1.54) is 11.0 Å². The highest BCUT2D eigenvalue weighted by Crippen LogP contribution is 2.33. The maximum Gasteiger partial charge on any atom is 0.255 e. The highest BCUT2D eigenvalue weighted by molar-refractivity contribution is 6.02. The minimum atomic E-state index is -0.576. The molecule has 8 heteroatoms. The molecule has 3 aliphatic heterocycles. The monoisotopic (exact) mass is 422 g/mol. The van der Waals surface area contributed by atoms with Crippen molar-refractivity contribution in [3.8, 4) is 0 Å². The van der Waals surface area contributed by atoms with Crippen molar-refractivity contribution in [2.45, 2.75) is 24.9 Å². The van der Waals surface area contributed by atoms with Gasteiger partial charge in [0.25, 0.3) is 5.91 Å². The molecule has 2 aromatic carbocycles. The average Bonchev–Trinajstić information content (AvgIpc) is 3.15. The van der Waals surface area contributed by atoms with Gasteiger partial charge in [0.1, 0.15) is 11.5 Å². The summed E-state index contributed by atoms with van der Waals surface area (Å²) < 4.78 is 14.1. The molecule has 2 N–H and O–H groups in total. The highest BCUT2D eigenvalue weighted by Gasteiger charge is 2.43. The summed E-state index contributed by atoms with van der Waals surface area (Å²) in [6.07, 6.45) is 1.21. The summed E-state index contributed by atoms with van der Waals surface area (Å²) in [5, 5.41) is 6.51. The van der Waals surface area contributed by atoms with Crippen molar-refractivity contribution in [2.24, 2.45) is 5.92 Å². The van der Waals surface area contributed by atoms with Crippen LogP contribution in [0.2, 0.25) is 0 Å². The van der Waals surface area contributed by atoms with Gasteiger partial charge in [-0.2, -0.15) is 0 Å². The number of fused-ring (bicyclic) bond motifs is 1. The Hall–Kier alpha value is -3.42. The van der Waals surface area contributed by atoms with Gasteiger partial charge >= 0.3 is 0 Å². The first kappa shape index (κ1) is 19.5. The first-order chi connectivity index (χ1) is 15.0. The second-order valence-electron chi connectivity index (χ2n) is 8.39. The van der Waals surface area contributed by atoms with Gasteiger partial charge in [-0.15, -0.1) is 0 Å². The third-order valence-corrected chi connectivity index (χ3v) is 6.44. The number of anilines is 2. The van der Waals surface area contributed by atoms with E-state index in [0.717, 1.165) is 5.69 Å². The van der Waals surface area contributed by atoms with Crippen LogP contribution in [-0.4, -0.2) is 47.9 Å². The van der Waals surface area contributed by atoms with Gasteiger partial charge in [-0.05, 0) is 24.3 Å². The quantitative estimate of drug-likeness (QED) is 0.779. The third-order valence-electron chi connectivity index (χ3n) is 6.44. The van der Waals surface area contributed by atoms with E-state index in [-0.39, 0.29) is 36.4 Å². The molecule has 0 bridgehead atoms. The molecular formula is C23H23FN4O3. The number of carbonyl (C=O) groups excluding carboxylic acids is 3. The lowest BCUT2D eigenvalue weighted by Crippen LogP contribution is -2.63. The smallest absolute Gasteiger partial charge is 0.255 e. The summed E-state index contributed by atoms with van der Waals surface area (Å²) in [4.78, 5) is 41.2. The number of piperidine rings is 1. The number of carbonyl (C=O) groups is 3. The lowest BCUT2D eigenvalue weighted by atomic mass is 9.91. The molecule has 1 spiro atoms. The van der Waals surface area contributed by atoms with E-state index in [0.29, 0.717) is 31.5 Å². The first-order valence-electron chi connectivity index (χ1n) is 10.5. The standard InChI is InChI=1S/C23H23FN4O3/c24-17-6-2-4-8-19(17)28-14-15(13-20(28)29)22(31)27-11-9-23(10-12-27)25-18-7-3-1-5-16(18)21(30)26-23/h1-8,15,25H,9-14H2,(H,26,30)/t15-/m0/s1. The van der Waals surface area contributed by atoms with Crippen molar-refractivity contribution in [1.82, 2.24) is 10.2 Å². The average molecular weight is 422 g/mol. The van der Waals surface area contributed by atoms with E-state index >= 15 is 0 Å². The van der Waals surface area contributed by atoms with Crippen molar-refractivity contribution >= 4 is 29.1 Å². The van der Waals surface area contributed by atoms with E-state index < -0.39 is 17.4 Å². The molecule has 160 valence electrons. The van der Waals surface area contributed by atoms with Crippen LogP contribution in [0.3, 0.4) is 0 Å². The molecule has 7 nitrogen and oxygen atoms in total. The number of benzene rings is 2. The second-order valence-corrected chi connectivity index (χ2v) is 8.39. The molecule has 0 unspecified atom stereocenters. The number of hydrogen-bond acceptors (Lipinski definition) is 4. The Morgan fingerprint density at radius 2 is 1.71 bits per heavy atom. The van der Waals surface area contributed by atoms with Crippen LogP contribution in [0.25, 0.3) is 0 Å². The van der Waals surface area contributed by atoms with Crippen LogP contribution in [0.15, 0.2) is 48.5 Å². The number of likely N-dealkylation sites (tertiary alicyclic amines) is 1. The summed E-state index contributed by atoms with van der Waals surface area (Å²) in [7, 11) is 0. The minimum absolute atomic E-state index is 0.0805. The molecule has 0 aliphatic carbocycles. The molecule has 2 aromatic rings. The van der Waals surface area contributed by atoms with Gasteiger partial charge in [-0.3, -0.25) is 14.4 Å². The number of nitrogens with one attached hydrogen (secondary N) is 2. The van der Waals surface area contributed by atoms with Crippen LogP contribution < -0.4 is 15.5 Å². The molecule has 2 fully saturated rings. The molecule has 2 saturated heterocycles. The normalized spacial score (nSPS) is 22.2.